The fourth-order valence-electron chi connectivity index (χ4n) is 8.77. The molecule has 4 aliphatic carbocycles. The highest BCUT2D eigenvalue weighted by Crippen LogP contribution is 2.67. The molecule has 0 aromatic carbocycles. The van der Waals surface area contributed by atoms with Gasteiger partial charge in [-0.2, -0.15) is 5.10 Å². The molecule has 4 rings (SSSR count). The number of nitrogens with zero attached hydrogens (tertiary/aromatic N) is 1. The minimum Gasteiger partial charge on any atom is -0.323 e. The lowest BCUT2D eigenvalue weighted by atomic mass is 9.45. The van der Waals surface area contributed by atoms with Crippen LogP contribution in [0.5, 0.6) is 0 Å². The molecule has 1 unspecified atom stereocenters. The van der Waals surface area contributed by atoms with Gasteiger partial charge in [0.1, 0.15) is 0 Å². The van der Waals surface area contributed by atoms with Crippen molar-refractivity contribution in [3.63, 3.8) is 0 Å². The van der Waals surface area contributed by atoms with Crippen LogP contribution in [-0.2, 0) is 0 Å². The van der Waals surface area contributed by atoms with Gasteiger partial charge < -0.3 is 5.84 Å². The summed E-state index contributed by atoms with van der Waals surface area (Å²) < 4.78 is 0. The van der Waals surface area contributed by atoms with Crippen LogP contribution < -0.4 is 5.84 Å². The molecule has 0 spiro atoms. The third-order valence-corrected chi connectivity index (χ3v) is 10.4. The molecule has 3 fully saturated rings. The summed E-state index contributed by atoms with van der Waals surface area (Å²) in [7, 11) is 0. The minimum atomic E-state index is 0.374. The zero-order valence-electron chi connectivity index (χ0n) is 19.8. The van der Waals surface area contributed by atoms with E-state index in [-0.39, 0.29) is 0 Å². The molecule has 2 heteroatoms. The van der Waals surface area contributed by atoms with Gasteiger partial charge in [-0.05, 0) is 103 Å². The molecule has 2 N–H and O–H groups in total. The maximum atomic E-state index is 5.62. The van der Waals surface area contributed by atoms with Gasteiger partial charge in [-0.15, -0.1) is 0 Å². The molecular weight excluding hydrogens is 352 g/mol. The van der Waals surface area contributed by atoms with Gasteiger partial charge in [0.2, 0.25) is 0 Å². The van der Waals surface area contributed by atoms with Crippen LogP contribution in [0.25, 0.3) is 0 Å². The van der Waals surface area contributed by atoms with Crippen LogP contribution in [-0.4, -0.2) is 5.71 Å². The molecule has 0 amide bonds. The van der Waals surface area contributed by atoms with E-state index in [1.807, 2.05) is 0 Å². The van der Waals surface area contributed by atoms with Crippen molar-refractivity contribution in [3.8, 4) is 0 Å². The Morgan fingerprint density at radius 1 is 1.03 bits per heavy atom. The molecule has 164 valence electrons. The number of allylic oxidation sites excluding steroid dienone is 2. The van der Waals surface area contributed by atoms with Gasteiger partial charge in [-0.1, -0.05) is 60.0 Å². The van der Waals surface area contributed by atoms with E-state index in [1.165, 1.54) is 57.8 Å². The van der Waals surface area contributed by atoms with Crippen LogP contribution >= 0.6 is 0 Å². The van der Waals surface area contributed by atoms with E-state index in [9.17, 15) is 0 Å². The quantitative estimate of drug-likeness (QED) is 0.386. The molecule has 0 radical (unpaired) electrons. The van der Waals surface area contributed by atoms with E-state index in [1.54, 1.807) is 0 Å². The van der Waals surface area contributed by atoms with Crippen LogP contribution in [0.1, 0.15) is 98.8 Å². The van der Waals surface area contributed by atoms with E-state index >= 15 is 0 Å². The van der Waals surface area contributed by atoms with Gasteiger partial charge in [0.05, 0.1) is 5.71 Å². The van der Waals surface area contributed by atoms with Crippen molar-refractivity contribution in [1.82, 2.24) is 0 Å². The second kappa shape index (κ2) is 8.04. The Morgan fingerprint density at radius 3 is 2.55 bits per heavy atom. The molecule has 0 bridgehead atoms. The molecule has 0 aromatic rings. The standard InChI is InChI=1S/C27H46N2/c1-18(2)7-6-8-19(3)23-11-12-24-22-10-9-20-17-21(29-28)13-15-26(20,4)25(22)14-16-27(23,24)5/h13,15,18-20,22-25H,6-12,14,16-17,28H2,1-5H3/t19-,20?,22+,23-,24+,25+,26+,27-/m1/s1. The first-order valence-electron chi connectivity index (χ1n) is 12.8. The van der Waals surface area contributed by atoms with Crippen molar-refractivity contribution in [1.29, 1.82) is 0 Å². The molecule has 8 atom stereocenters. The summed E-state index contributed by atoms with van der Waals surface area (Å²) in [5, 5.41) is 4.03. The van der Waals surface area contributed by atoms with Crippen LogP contribution in [0.3, 0.4) is 0 Å². The topological polar surface area (TPSA) is 38.4 Å². The molecule has 4 aliphatic rings. The second-order valence-electron chi connectivity index (χ2n) is 12.2. The number of hydrazone groups is 1. The third kappa shape index (κ3) is 3.61. The molecule has 29 heavy (non-hydrogen) atoms. The van der Waals surface area contributed by atoms with Gasteiger partial charge in [0.25, 0.3) is 0 Å². The van der Waals surface area contributed by atoms with E-state index in [4.69, 9.17) is 5.84 Å². The fraction of sp³-hybridized carbons (Fsp3) is 0.889. The Labute approximate surface area is 180 Å². The number of hydrogen-bond acceptors (Lipinski definition) is 2. The lowest BCUT2D eigenvalue weighted by Gasteiger charge is -2.59. The van der Waals surface area contributed by atoms with E-state index in [2.05, 4.69) is 51.9 Å². The largest absolute Gasteiger partial charge is 0.323 e. The minimum absolute atomic E-state index is 0.374. The van der Waals surface area contributed by atoms with Crippen molar-refractivity contribution in [2.45, 2.75) is 98.8 Å². The first-order chi connectivity index (χ1) is 13.8. The van der Waals surface area contributed by atoms with E-state index < -0.39 is 0 Å². The highest BCUT2D eigenvalue weighted by atomic mass is 15.1. The Bertz CT molecular complexity index is 649. The highest BCUT2D eigenvalue weighted by Gasteiger charge is 2.59. The van der Waals surface area contributed by atoms with Gasteiger partial charge in [0, 0.05) is 0 Å². The Balaban J connectivity index is 1.49. The summed E-state index contributed by atoms with van der Waals surface area (Å²) in [6.45, 7) is 12.6. The van der Waals surface area contributed by atoms with Crippen molar-refractivity contribution < 1.29 is 0 Å². The maximum Gasteiger partial charge on any atom is 0.0600 e. The SMILES string of the molecule is CC(C)CCC[C@@H](C)[C@H]1CC[C@H]2[C@@H]3CCC4CC(=NN)C=C[C@]4(C)[C@H]3CC[C@]12C. The number of hydrogen-bond donors (Lipinski definition) is 1. The normalized spacial score (nSPS) is 46.4. The van der Waals surface area contributed by atoms with Crippen LogP contribution in [0, 0.1) is 52.3 Å². The first kappa shape index (κ1) is 21.4. The second-order valence-corrected chi connectivity index (χ2v) is 12.2. The predicted octanol–water partition coefficient (Wildman–Crippen LogP) is 7.20. The third-order valence-electron chi connectivity index (χ3n) is 10.4. The van der Waals surface area contributed by atoms with Crippen LogP contribution in [0.15, 0.2) is 17.3 Å². The maximum absolute atomic E-state index is 5.62. The van der Waals surface area contributed by atoms with E-state index in [0.717, 1.165) is 53.6 Å². The smallest absolute Gasteiger partial charge is 0.0600 e. The molecular formula is C27H46N2. The average molecular weight is 399 g/mol. The Morgan fingerprint density at radius 2 is 1.83 bits per heavy atom. The number of nitrogens with two attached hydrogens (primary N) is 1. The van der Waals surface area contributed by atoms with Crippen LogP contribution in [0.4, 0.5) is 0 Å². The average Bonchev–Trinajstić information content (AvgIpc) is 3.04. The molecule has 3 saturated carbocycles. The summed E-state index contributed by atoms with van der Waals surface area (Å²) in [5.74, 6) is 11.9. The van der Waals surface area contributed by atoms with E-state index in [0.29, 0.717) is 10.8 Å². The number of rotatable bonds is 5. The van der Waals surface area contributed by atoms with Crippen LogP contribution in [0.2, 0.25) is 0 Å². The highest BCUT2D eigenvalue weighted by molar-refractivity contribution is 5.95. The molecule has 0 heterocycles. The molecule has 0 saturated heterocycles. The first-order valence-corrected chi connectivity index (χ1v) is 12.8. The molecule has 0 aromatic heterocycles. The predicted molar refractivity (Wildman–Crippen MR) is 125 cm³/mol. The summed E-state index contributed by atoms with van der Waals surface area (Å²) in [4.78, 5) is 0. The molecule has 0 aliphatic heterocycles. The van der Waals surface area contributed by atoms with Crippen molar-refractivity contribution >= 4 is 5.71 Å². The lowest BCUT2D eigenvalue weighted by Crippen LogP contribution is -2.52. The van der Waals surface area contributed by atoms with Crippen molar-refractivity contribution in [2.24, 2.45) is 63.2 Å². The zero-order chi connectivity index (χ0) is 20.8. The summed E-state index contributed by atoms with van der Waals surface area (Å²) >= 11 is 0. The Hall–Kier alpha value is -0.790. The number of fused-ring (bicyclic) bond motifs is 5. The van der Waals surface area contributed by atoms with Crippen molar-refractivity contribution in [2.75, 3.05) is 0 Å². The summed E-state index contributed by atoms with van der Waals surface area (Å²) in [6.07, 6.45) is 18.9. The summed E-state index contributed by atoms with van der Waals surface area (Å²) in [5.41, 5.74) is 2.09. The molecule has 2 nitrogen and oxygen atoms in total. The monoisotopic (exact) mass is 398 g/mol. The lowest BCUT2D eigenvalue weighted by molar-refractivity contribution is -0.0808. The van der Waals surface area contributed by atoms with Crippen molar-refractivity contribution in [3.05, 3.63) is 12.2 Å². The summed E-state index contributed by atoms with van der Waals surface area (Å²) in [6, 6.07) is 0. The zero-order valence-corrected chi connectivity index (χ0v) is 19.8. The van der Waals surface area contributed by atoms with Gasteiger partial charge in [-0.25, -0.2) is 0 Å². The fourth-order valence-corrected chi connectivity index (χ4v) is 8.77. The van der Waals surface area contributed by atoms with Gasteiger partial charge in [0.15, 0.2) is 0 Å². The Kier molecular flexibility index (Phi) is 5.95. The van der Waals surface area contributed by atoms with Gasteiger partial charge in [-0.3, -0.25) is 0 Å². The van der Waals surface area contributed by atoms with Gasteiger partial charge >= 0.3 is 0 Å².